The van der Waals surface area contributed by atoms with Crippen molar-refractivity contribution in [1.29, 1.82) is 0 Å². The zero-order chi connectivity index (χ0) is 10.8. The van der Waals surface area contributed by atoms with E-state index in [9.17, 15) is 4.39 Å². The molecule has 0 radical (unpaired) electrons. The number of halogens is 2. The molecule has 3 heteroatoms. The minimum Gasteiger partial charge on any atom is -0.314 e. The highest BCUT2D eigenvalue weighted by Gasteiger charge is 2.16. The van der Waals surface area contributed by atoms with E-state index in [0.717, 1.165) is 24.1 Å². The molecule has 0 saturated carbocycles. The molecule has 82 valence electrons. The van der Waals surface area contributed by atoms with E-state index >= 15 is 0 Å². The van der Waals surface area contributed by atoms with Crippen molar-refractivity contribution in [2.75, 3.05) is 6.54 Å². The van der Waals surface area contributed by atoms with E-state index in [1.165, 1.54) is 18.9 Å². The molecule has 1 aliphatic rings. The first kappa shape index (κ1) is 10.9. The molecule has 15 heavy (non-hydrogen) atoms. The number of aryl methyl sites for hydroxylation is 1. The fourth-order valence-corrected chi connectivity index (χ4v) is 2.29. The molecule has 0 spiro atoms. The molecule has 2 rings (SSSR count). The van der Waals surface area contributed by atoms with Crippen LogP contribution in [-0.4, -0.2) is 12.6 Å². The molecular weight excluding hydrogens is 213 g/mol. The summed E-state index contributed by atoms with van der Waals surface area (Å²) in [7, 11) is 0. The zero-order valence-corrected chi connectivity index (χ0v) is 9.57. The van der Waals surface area contributed by atoms with E-state index in [1.807, 2.05) is 6.92 Å². The fraction of sp³-hybridized carbons (Fsp3) is 0.500. The summed E-state index contributed by atoms with van der Waals surface area (Å²) in [6.07, 6.45) is 3.39. The molecule has 1 aromatic carbocycles. The average Bonchev–Trinajstić information content (AvgIpc) is 2.67. The molecule has 0 aromatic heterocycles. The third-order valence-corrected chi connectivity index (χ3v) is 3.30. The van der Waals surface area contributed by atoms with Crippen LogP contribution in [0.25, 0.3) is 0 Å². The second-order valence-electron chi connectivity index (χ2n) is 4.19. The van der Waals surface area contributed by atoms with Gasteiger partial charge in [-0.05, 0) is 56.0 Å². The first-order valence-electron chi connectivity index (χ1n) is 5.34. The first-order chi connectivity index (χ1) is 7.16. The highest BCUT2D eigenvalue weighted by Crippen LogP contribution is 2.22. The maximum atomic E-state index is 13.1. The zero-order valence-electron chi connectivity index (χ0n) is 8.82. The van der Waals surface area contributed by atoms with Gasteiger partial charge < -0.3 is 5.32 Å². The van der Waals surface area contributed by atoms with E-state index in [1.54, 1.807) is 6.07 Å². The van der Waals surface area contributed by atoms with Crippen molar-refractivity contribution in [3.8, 4) is 0 Å². The van der Waals surface area contributed by atoms with Crippen LogP contribution in [0.15, 0.2) is 12.1 Å². The molecule has 0 bridgehead atoms. The summed E-state index contributed by atoms with van der Waals surface area (Å²) in [6.45, 7) is 3.03. The molecule has 1 nitrogen and oxygen atoms in total. The minimum absolute atomic E-state index is 0.230. The van der Waals surface area contributed by atoms with Crippen LogP contribution >= 0.6 is 11.6 Å². The summed E-state index contributed by atoms with van der Waals surface area (Å²) in [5, 5.41) is 3.66. The predicted molar refractivity (Wildman–Crippen MR) is 60.9 cm³/mol. The second kappa shape index (κ2) is 4.50. The molecule has 1 heterocycles. The Labute approximate surface area is 94.6 Å². The van der Waals surface area contributed by atoms with Gasteiger partial charge in [0.15, 0.2) is 0 Å². The van der Waals surface area contributed by atoms with Gasteiger partial charge in [-0.25, -0.2) is 4.39 Å². The Balaban J connectivity index is 2.16. The molecule has 0 aliphatic carbocycles. The smallest absolute Gasteiger partial charge is 0.142 e. The number of rotatable bonds is 2. The largest absolute Gasteiger partial charge is 0.314 e. The Morgan fingerprint density at radius 1 is 1.53 bits per heavy atom. The lowest BCUT2D eigenvalue weighted by molar-refractivity contribution is 0.596. The Morgan fingerprint density at radius 3 is 3.00 bits per heavy atom. The Morgan fingerprint density at radius 2 is 2.33 bits per heavy atom. The first-order valence-corrected chi connectivity index (χ1v) is 5.72. The van der Waals surface area contributed by atoms with Gasteiger partial charge in [-0.3, -0.25) is 0 Å². The molecular formula is C12H15ClFN. The lowest BCUT2D eigenvalue weighted by Gasteiger charge is -2.12. The lowest BCUT2D eigenvalue weighted by Crippen LogP contribution is -2.24. The average molecular weight is 228 g/mol. The van der Waals surface area contributed by atoms with E-state index < -0.39 is 0 Å². The van der Waals surface area contributed by atoms with Crippen LogP contribution in [0.4, 0.5) is 4.39 Å². The van der Waals surface area contributed by atoms with E-state index in [4.69, 9.17) is 11.6 Å². The van der Waals surface area contributed by atoms with Gasteiger partial charge in [-0.15, -0.1) is 0 Å². The van der Waals surface area contributed by atoms with Gasteiger partial charge >= 0.3 is 0 Å². The standard InChI is InChI=1S/C12H15ClFN/c1-8-5-12(14)11(13)7-9(8)6-10-3-2-4-15-10/h5,7,10,15H,2-4,6H2,1H3. The van der Waals surface area contributed by atoms with Gasteiger partial charge in [0.05, 0.1) is 5.02 Å². The quantitative estimate of drug-likeness (QED) is 0.819. The van der Waals surface area contributed by atoms with Gasteiger partial charge in [-0.2, -0.15) is 0 Å². The van der Waals surface area contributed by atoms with Crippen LogP contribution in [0.3, 0.4) is 0 Å². The molecule has 1 aliphatic heterocycles. The van der Waals surface area contributed by atoms with Gasteiger partial charge in [0, 0.05) is 6.04 Å². The Hall–Kier alpha value is -0.600. The maximum Gasteiger partial charge on any atom is 0.142 e. The predicted octanol–water partition coefficient (Wildman–Crippen LogP) is 3.08. The number of benzene rings is 1. The summed E-state index contributed by atoms with van der Waals surface area (Å²) in [5.41, 5.74) is 2.14. The third-order valence-electron chi connectivity index (χ3n) is 3.01. The lowest BCUT2D eigenvalue weighted by atomic mass is 10.00. The fourth-order valence-electron chi connectivity index (χ4n) is 2.10. The third kappa shape index (κ3) is 2.50. The van der Waals surface area contributed by atoms with E-state index in [0.29, 0.717) is 6.04 Å². The summed E-state index contributed by atoms with van der Waals surface area (Å²) < 4.78 is 13.1. The summed E-state index contributed by atoms with van der Waals surface area (Å²) in [5.74, 6) is -0.322. The van der Waals surface area contributed by atoms with Crippen molar-refractivity contribution < 1.29 is 4.39 Å². The van der Waals surface area contributed by atoms with Crippen LogP contribution in [0.1, 0.15) is 24.0 Å². The van der Waals surface area contributed by atoms with Crippen molar-refractivity contribution in [2.24, 2.45) is 0 Å². The molecule has 1 fully saturated rings. The Kier molecular flexibility index (Phi) is 3.27. The minimum atomic E-state index is -0.322. The van der Waals surface area contributed by atoms with E-state index in [-0.39, 0.29) is 10.8 Å². The van der Waals surface area contributed by atoms with Crippen molar-refractivity contribution in [3.05, 3.63) is 34.1 Å². The summed E-state index contributed by atoms with van der Waals surface area (Å²) >= 11 is 5.78. The number of hydrogen-bond donors (Lipinski definition) is 1. The summed E-state index contributed by atoms with van der Waals surface area (Å²) in [6, 6.07) is 3.81. The highest BCUT2D eigenvalue weighted by atomic mass is 35.5. The van der Waals surface area contributed by atoms with Crippen LogP contribution in [0.5, 0.6) is 0 Å². The van der Waals surface area contributed by atoms with E-state index in [2.05, 4.69) is 5.32 Å². The van der Waals surface area contributed by atoms with Gasteiger partial charge in [0.2, 0.25) is 0 Å². The second-order valence-corrected chi connectivity index (χ2v) is 4.60. The monoisotopic (exact) mass is 227 g/mol. The van der Waals surface area contributed by atoms with Gasteiger partial charge in [0.1, 0.15) is 5.82 Å². The van der Waals surface area contributed by atoms with Crippen LogP contribution in [0.2, 0.25) is 5.02 Å². The van der Waals surface area contributed by atoms with Crippen molar-refractivity contribution in [3.63, 3.8) is 0 Å². The summed E-state index contributed by atoms with van der Waals surface area (Å²) in [4.78, 5) is 0. The number of hydrogen-bond acceptors (Lipinski definition) is 1. The normalized spacial score (nSPS) is 20.9. The topological polar surface area (TPSA) is 12.0 Å². The van der Waals surface area contributed by atoms with Gasteiger partial charge in [0.25, 0.3) is 0 Å². The van der Waals surface area contributed by atoms with Crippen LogP contribution in [0, 0.1) is 12.7 Å². The van der Waals surface area contributed by atoms with Crippen LogP contribution < -0.4 is 5.32 Å². The molecule has 1 saturated heterocycles. The SMILES string of the molecule is Cc1cc(F)c(Cl)cc1CC1CCCN1. The van der Waals surface area contributed by atoms with Crippen molar-refractivity contribution >= 4 is 11.6 Å². The maximum absolute atomic E-state index is 13.1. The van der Waals surface area contributed by atoms with Crippen molar-refractivity contribution in [2.45, 2.75) is 32.2 Å². The molecule has 1 aromatic rings. The molecule has 1 unspecified atom stereocenters. The molecule has 1 atom stereocenters. The molecule has 1 N–H and O–H groups in total. The highest BCUT2D eigenvalue weighted by molar-refractivity contribution is 6.30. The number of nitrogens with one attached hydrogen (secondary N) is 1. The van der Waals surface area contributed by atoms with Gasteiger partial charge in [-0.1, -0.05) is 11.6 Å². The Bertz CT molecular complexity index is 359. The molecule has 0 amide bonds. The van der Waals surface area contributed by atoms with Crippen LogP contribution in [-0.2, 0) is 6.42 Å². The van der Waals surface area contributed by atoms with Crippen molar-refractivity contribution in [1.82, 2.24) is 5.32 Å².